The highest BCUT2D eigenvalue weighted by Crippen LogP contribution is 2.28. The van der Waals surface area contributed by atoms with E-state index in [9.17, 15) is 0 Å². The molecule has 3 heterocycles. The molecule has 0 bridgehead atoms. The molecule has 1 aliphatic heterocycles. The topological polar surface area (TPSA) is 84.9 Å². The number of hydrogen-bond acceptors (Lipinski definition) is 6. The minimum Gasteiger partial charge on any atom is -0.383 e. The number of aryl methyl sites for hydroxylation is 1. The average molecular weight is 329 g/mol. The lowest BCUT2D eigenvalue weighted by Gasteiger charge is -2.36. The molecular formula is C17H27N7. The fourth-order valence-electron chi connectivity index (χ4n) is 4.15. The molecule has 4 rings (SSSR count). The SMILES string of the molecule is Cn1ncc2c(N)nc(NCC3CCN(C4CCCC4)CC3)nc21. The van der Waals surface area contributed by atoms with Crippen LogP contribution in [-0.2, 0) is 7.05 Å². The van der Waals surface area contributed by atoms with Crippen molar-refractivity contribution in [3.8, 4) is 0 Å². The number of anilines is 2. The number of nitrogen functional groups attached to an aromatic ring is 1. The molecule has 0 unspecified atom stereocenters. The van der Waals surface area contributed by atoms with E-state index in [0.717, 1.165) is 23.6 Å². The van der Waals surface area contributed by atoms with E-state index in [1.807, 2.05) is 7.05 Å². The van der Waals surface area contributed by atoms with Gasteiger partial charge in [0.25, 0.3) is 0 Å². The van der Waals surface area contributed by atoms with Crippen molar-refractivity contribution in [3.05, 3.63) is 6.20 Å². The highest BCUT2D eigenvalue weighted by molar-refractivity contribution is 5.86. The van der Waals surface area contributed by atoms with Crippen molar-refractivity contribution in [2.45, 2.75) is 44.6 Å². The van der Waals surface area contributed by atoms with E-state index in [4.69, 9.17) is 5.73 Å². The van der Waals surface area contributed by atoms with Gasteiger partial charge in [0.2, 0.25) is 5.95 Å². The van der Waals surface area contributed by atoms with Crippen molar-refractivity contribution >= 4 is 22.8 Å². The van der Waals surface area contributed by atoms with E-state index in [2.05, 4.69) is 25.3 Å². The van der Waals surface area contributed by atoms with Crippen LogP contribution in [0.3, 0.4) is 0 Å². The quantitative estimate of drug-likeness (QED) is 0.892. The van der Waals surface area contributed by atoms with E-state index in [1.54, 1.807) is 10.9 Å². The molecule has 3 N–H and O–H groups in total. The summed E-state index contributed by atoms with van der Waals surface area (Å²) in [6, 6.07) is 0.856. The number of fused-ring (bicyclic) bond motifs is 1. The summed E-state index contributed by atoms with van der Waals surface area (Å²) in [7, 11) is 1.87. The van der Waals surface area contributed by atoms with Crippen molar-refractivity contribution in [1.82, 2.24) is 24.6 Å². The van der Waals surface area contributed by atoms with Crippen LogP contribution in [0.2, 0.25) is 0 Å². The third-order valence-electron chi connectivity index (χ3n) is 5.66. The van der Waals surface area contributed by atoms with Gasteiger partial charge < -0.3 is 16.0 Å². The summed E-state index contributed by atoms with van der Waals surface area (Å²) in [5, 5.41) is 8.39. The average Bonchev–Trinajstić information content (AvgIpc) is 3.24. The number of nitrogens with two attached hydrogens (primary N) is 1. The Hall–Kier alpha value is -1.89. The minimum atomic E-state index is 0.492. The molecule has 0 radical (unpaired) electrons. The van der Waals surface area contributed by atoms with Gasteiger partial charge in [0.15, 0.2) is 5.65 Å². The fraction of sp³-hybridized carbons (Fsp3) is 0.706. The number of nitrogens with zero attached hydrogens (tertiary/aromatic N) is 5. The van der Waals surface area contributed by atoms with Crippen molar-refractivity contribution in [1.29, 1.82) is 0 Å². The van der Waals surface area contributed by atoms with Gasteiger partial charge in [-0.25, -0.2) is 0 Å². The van der Waals surface area contributed by atoms with Crippen LogP contribution in [0.15, 0.2) is 6.20 Å². The number of rotatable bonds is 4. The van der Waals surface area contributed by atoms with Crippen LogP contribution < -0.4 is 11.1 Å². The molecule has 0 spiro atoms. The molecule has 2 fully saturated rings. The molecule has 0 atom stereocenters. The molecule has 1 saturated carbocycles. The van der Waals surface area contributed by atoms with Gasteiger partial charge >= 0.3 is 0 Å². The zero-order valence-corrected chi connectivity index (χ0v) is 14.4. The van der Waals surface area contributed by atoms with Crippen LogP contribution in [0.4, 0.5) is 11.8 Å². The van der Waals surface area contributed by atoms with Gasteiger partial charge in [-0.1, -0.05) is 12.8 Å². The van der Waals surface area contributed by atoms with E-state index in [-0.39, 0.29) is 0 Å². The van der Waals surface area contributed by atoms with Gasteiger partial charge in [-0.2, -0.15) is 15.1 Å². The first kappa shape index (κ1) is 15.6. The smallest absolute Gasteiger partial charge is 0.226 e. The Bertz CT molecular complexity index is 696. The van der Waals surface area contributed by atoms with Gasteiger partial charge in [0.1, 0.15) is 5.82 Å². The second-order valence-electron chi connectivity index (χ2n) is 7.24. The Kier molecular flexibility index (Phi) is 4.26. The molecule has 7 heteroatoms. The number of piperidine rings is 1. The first-order valence-corrected chi connectivity index (χ1v) is 9.14. The summed E-state index contributed by atoms with van der Waals surface area (Å²) in [6.45, 7) is 3.39. The number of aromatic nitrogens is 4. The maximum absolute atomic E-state index is 6.02. The molecule has 130 valence electrons. The summed E-state index contributed by atoms with van der Waals surface area (Å²) < 4.78 is 1.73. The van der Waals surface area contributed by atoms with Crippen LogP contribution in [0, 0.1) is 5.92 Å². The Balaban J connectivity index is 1.33. The summed E-state index contributed by atoms with van der Waals surface area (Å²) in [5.74, 6) is 1.79. The lowest BCUT2D eigenvalue weighted by molar-refractivity contribution is 0.138. The monoisotopic (exact) mass is 329 g/mol. The normalized spacial score (nSPS) is 20.9. The van der Waals surface area contributed by atoms with Gasteiger partial charge in [0, 0.05) is 19.6 Å². The summed E-state index contributed by atoms with van der Waals surface area (Å²) in [4.78, 5) is 11.6. The second kappa shape index (κ2) is 6.55. The third kappa shape index (κ3) is 3.05. The minimum absolute atomic E-state index is 0.492. The number of nitrogens with one attached hydrogen (secondary N) is 1. The summed E-state index contributed by atoms with van der Waals surface area (Å²) in [6.07, 6.45) is 9.87. The first-order valence-electron chi connectivity index (χ1n) is 9.14. The number of likely N-dealkylation sites (tertiary alicyclic amines) is 1. The molecule has 1 saturated heterocycles. The summed E-state index contributed by atoms with van der Waals surface area (Å²) >= 11 is 0. The summed E-state index contributed by atoms with van der Waals surface area (Å²) in [5.41, 5.74) is 6.79. The van der Waals surface area contributed by atoms with Gasteiger partial charge in [-0.05, 0) is 44.7 Å². The highest BCUT2D eigenvalue weighted by atomic mass is 15.3. The number of hydrogen-bond donors (Lipinski definition) is 2. The maximum Gasteiger partial charge on any atom is 0.226 e. The van der Waals surface area contributed by atoms with Crippen LogP contribution >= 0.6 is 0 Å². The standard InChI is InChI=1S/C17H27N7/c1-23-16-14(11-20-23)15(18)21-17(22-16)19-10-12-6-8-24(9-7-12)13-4-2-3-5-13/h11-13H,2-10H2,1H3,(H3,18,19,21,22). The molecule has 7 nitrogen and oxygen atoms in total. The van der Waals surface area contributed by atoms with Gasteiger partial charge in [0.05, 0.1) is 11.6 Å². The van der Waals surface area contributed by atoms with Crippen molar-refractivity contribution in [2.24, 2.45) is 13.0 Å². The molecule has 2 aromatic heterocycles. The van der Waals surface area contributed by atoms with Crippen LogP contribution in [0.25, 0.3) is 11.0 Å². The van der Waals surface area contributed by atoms with Gasteiger partial charge in [-0.3, -0.25) is 4.68 Å². The zero-order chi connectivity index (χ0) is 16.5. The van der Waals surface area contributed by atoms with E-state index >= 15 is 0 Å². The Labute approximate surface area is 142 Å². The van der Waals surface area contributed by atoms with E-state index in [1.165, 1.54) is 51.6 Å². The Morgan fingerprint density at radius 1 is 1.17 bits per heavy atom. The van der Waals surface area contributed by atoms with Crippen molar-refractivity contribution < 1.29 is 0 Å². The zero-order valence-electron chi connectivity index (χ0n) is 14.4. The molecular weight excluding hydrogens is 302 g/mol. The van der Waals surface area contributed by atoms with Crippen LogP contribution in [0.1, 0.15) is 38.5 Å². The highest BCUT2D eigenvalue weighted by Gasteiger charge is 2.27. The molecule has 2 aromatic rings. The van der Waals surface area contributed by atoms with Crippen molar-refractivity contribution in [3.63, 3.8) is 0 Å². The molecule has 24 heavy (non-hydrogen) atoms. The fourth-order valence-corrected chi connectivity index (χ4v) is 4.15. The van der Waals surface area contributed by atoms with Crippen LogP contribution in [0.5, 0.6) is 0 Å². The largest absolute Gasteiger partial charge is 0.383 e. The van der Waals surface area contributed by atoms with E-state index in [0.29, 0.717) is 17.7 Å². The first-order chi connectivity index (χ1) is 11.7. The predicted octanol–water partition coefficient (Wildman–Crippen LogP) is 2.01. The lowest BCUT2D eigenvalue weighted by Crippen LogP contribution is -2.41. The second-order valence-corrected chi connectivity index (χ2v) is 7.24. The molecule has 0 aromatic carbocycles. The van der Waals surface area contributed by atoms with Crippen LogP contribution in [-0.4, -0.2) is 50.3 Å². The Morgan fingerprint density at radius 3 is 2.67 bits per heavy atom. The molecule has 2 aliphatic rings. The molecule has 1 aliphatic carbocycles. The third-order valence-corrected chi connectivity index (χ3v) is 5.66. The Morgan fingerprint density at radius 2 is 1.92 bits per heavy atom. The predicted molar refractivity (Wildman–Crippen MR) is 95.8 cm³/mol. The van der Waals surface area contributed by atoms with Crippen molar-refractivity contribution in [2.75, 3.05) is 30.7 Å². The maximum atomic E-state index is 6.02. The van der Waals surface area contributed by atoms with Gasteiger partial charge in [-0.15, -0.1) is 0 Å². The van der Waals surface area contributed by atoms with E-state index < -0.39 is 0 Å². The molecule has 0 amide bonds. The lowest BCUT2D eigenvalue weighted by atomic mass is 9.95.